The summed E-state index contributed by atoms with van der Waals surface area (Å²) >= 11 is 9.05. The Kier molecular flexibility index (Phi) is 3.18. The minimum atomic E-state index is -4.40. The van der Waals surface area contributed by atoms with Gasteiger partial charge in [-0.05, 0) is 28.1 Å². The molecule has 0 atom stereocenters. The third kappa shape index (κ3) is 2.47. The Morgan fingerprint density at radius 1 is 1.29 bits per heavy atom. The van der Waals surface area contributed by atoms with Gasteiger partial charge in [0.2, 0.25) is 0 Å². The third-order valence-electron chi connectivity index (χ3n) is 2.16. The highest BCUT2D eigenvalue weighted by molar-refractivity contribution is 9.10. The van der Waals surface area contributed by atoms with Crippen LogP contribution in [0.2, 0.25) is 5.02 Å². The molecule has 1 aromatic heterocycles. The summed E-state index contributed by atoms with van der Waals surface area (Å²) in [5.74, 6) is 0. The maximum Gasteiger partial charge on any atom is 0.416 e. The molecule has 0 aliphatic heterocycles. The molecule has 2 rings (SSSR count). The van der Waals surface area contributed by atoms with Crippen LogP contribution in [0.5, 0.6) is 0 Å². The number of aromatic amines is 1. The second-order valence-corrected chi connectivity index (χ2v) is 4.55. The summed E-state index contributed by atoms with van der Waals surface area (Å²) in [4.78, 5) is 0. The Bertz CT molecular complexity index is 551. The molecule has 7 heteroatoms. The van der Waals surface area contributed by atoms with Crippen molar-refractivity contribution in [3.8, 4) is 11.3 Å². The molecule has 2 nitrogen and oxygen atoms in total. The number of nitrogens with zero attached hydrogens (tertiary/aromatic N) is 1. The molecular weight excluding hydrogens is 320 g/mol. The molecule has 0 amide bonds. The quantitative estimate of drug-likeness (QED) is 0.821. The second kappa shape index (κ2) is 4.34. The van der Waals surface area contributed by atoms with E-state index < -0.39 is 11.7 Å². The van der Waals surface area contributed by atoms with Crippen LogP contribution in [0, 0.1) is 0 Å². The van der Waals surface area contributed by atoms with Crippen molar-refractivity contribution < 1.29 is 13.2 Å². The molecule has 0 saturated heterocycles. The zero-order chi connectivity index (χ0) is 12.6. The van der Waals surface area contributed by atoms with E-state index in [2.05, 4.69) is 26.1 Å². The van der Waals surface area contributed by atoms with Gasteiger partial charge in [-0.3, -0.25) is 5.10 Å². The Balaban J connectivity index is 2.50. The second-order valence-electron chi connectivity index (χ2n) is 3.29. The van der Waals surface area contributed by atoms with Crippen LogP contribution in [0.25, 0.3) is 11.3 Å². The Morgan fingerprint density at radius 3 is 2.47 bits per heavy atom. The number of hydrogen-bond acceptors (Lipinski definition) is 1. The fourth-order valence-corrected chi connectivity index (χ4v) is 2.03. The number of benzene rings is 1. The van der Waals surface area contributed by atoms with Crippen LogP contribution in [-0.4, -0.2) is 10.2 Å². The average molecular weight is 326 g/mol. The normalized spacial score (nSPS) is 11.8. The monoisotopic (exact) mass is 324 g/mol. The molecule has 2 aromatic rings. The first-order valence-electron chi connectivity index (χ1n) is 4.45. The van der Waals surface area contributed by atoms with Crippen molar-refractivity contribution in [3.05, 3.63) is 39.5 Å². The van der Waals surface area contributed by atoms with E-state index in [0.29, 0.717) is 15.7 Å². The van der Waals surface area contributed by atoms with Crippen LogP contribution in [-0.2, 0) is 6.18 Å². The van der Waals surface area contributed by atoms with Crippen LogP contribution in [0.4, 0.5) is 13.2 Å². The summed E-state index contributed by atoms with van der Waals surface area (Å²) in [6.07, 6.45) is -2.89. The van der Waals surface area contributed by atoms with Gasteiger partial charge in [0.05, 0.1) is 26.9 Å². The van der Waals surface area contributed by atoms with E-state index in [9.17, 15) is 13.2 Å². The van der Waals surface area contributed by atoms with E-state index in [4.69, 9.17) is 11.6 Å². The number of alkyl halides is 3. The van der Waals surface area contributed by atoms with Gasteiger partial charge in [-0.25, -0.2) is 0 Å². The molecule has 0 bridgehead atoms. The zero-order valence-corrected chi connectivity index (χ0v) is 10.5. The van der Waals surface area contributed by atoms with Crippen molar-refractivity contribution in [1.82, 2.24) is 10.2 Å². The number of nitrogens with one attached hydrogen (secondary N) is 1. The number of hydrogen-bond donors (Lipinski definition) is 1. The molecule has 90 valence electrons. The van der Waals surface area contributed by atoms with Gasteiger partial charge in [-0.15, -0.1) is 0 Å². The fourth-order valence-electron chi connectivity index (χ4n) is 1.35. The SMILES string of the molecule is FC(F)(F)c1ccc(-c2[nH]ncc2Br)c(Cl)c1. The lowest BCUT2D eigenvalue weighted by Gasteiger charge is -2.09. The average Bonchev–Trinajstić information content (AvgIpc) is 2.63. The van der Waals surface area contributed by atoms with Gasteiger partial charge in [0, 0.05) is 5.56 Å². The van der Waals surface area contributed by atoms with Gasteiger partial charge >= 0.3 is 6.18 Å². The molecule has 0 fully saturated rings. The van der Waals surface area contributed by atoms with Gasteiger partial charge in [-0.1, -0.05) is 17.7 Å². The van der Waals surface area contributed by atoms with Crippen LogP contribution < -0.4 is 0 Å². The van der Waals surface area contributed by atoms with Crippen molar-refractivity contribution >= 4 is 27.5 Å². The van der Waals surface area contributed by atoms with E-state index in [1.807, 2.05) is 0 Å². The summed E-state index contributed by atoms with van der Waals surface area (Å²) in [6.45, 7) is 0. The topological polar surface area (TPSA) is 28.7 Å². The van der Waals surface area contributed by atoms with Crippen LogP contribution in [0.15, 0.2) is 28.9 Å². The maximum atomic E-state index is 12.4. The molecule has 17 heavy (non-hydrogen) atoms. The highest BCUT2D eigenvalue weighted by Gasteiger charge is 2.31. The van der Waals surface area contributed by atoms with E-state index in [-0.39, 0.29) is 5.02 Å². The predicted molar refractivity (Wildman–Crippen MR) is 61.7 cm³/mol. The van der Waals surface area contributed by atoms with Gasteiger partial charge in [0.15, 0.2) is 0 Å². The highest BCUT2D eigenvalue weighted by atomic mass is 79.9. The molecular formula is C10H5BrClF3N2. The standard InChI is InChI=1S/C10H5BrClF3N2/c11-7-4-16-17-9(7)6-2-1-5(3-8(6)12)10(13,14)15/h1-4H,(H,16,17). The van der Waals surface area contributed by atoms with Crippen LogP contribution in [0.1, 0.15) is 5.56 Å². The number of H-pyrrole nitrogens is 1. The van der Waals surface area contributed by atoms with Gasteiger partial charge in [0.1, 0.15) is 0 Å². The molecule has 0 aliphatic carbocycles. The van der Waals surface area contributed by atoms with Crippen LogP contribution in [0.3, 0.4) is 0 Å². The Morgan fingerprint density at radius 2 is 2.00 bits per heavy atom. The van der Waals surface area contributed by atoms with E-state index >= 15 is 0 Å². The lowest BCUT2D eigenvalue weighted by atomic mass is 10.1. The first-order valence-corrected chi connectivity index (χ1v) is 5.62. The van der Waals surface area contributed by atoms with E-state index in [1.54, 1.807) is 0 Å². The van der Waals surface area contributed by atoms with E-state index in [0.717, 1.165) is 12.1 Å². The molecule has 0 radical (unpaired) electrons. The number of aromatic nitrogens is 2. The third-order valence-corrected chi connectivity index (χ3v) is 3.07. The van der Waals surface area contributed by atoms with Gasteiger partial charge < -0.3 is 0 Å². The van der Waals surface area contributed by atoms with Crippen molar-refractivity contribution in [2.45, 2.75) is 6.18 Å². The molecule has 1 N–H and O–H groups in total. The van der Waals surface area contributed by atoms with Gasteiger partial charge in [0.25, 0.3) is 0 Å². The predicted octanol–water partition coefficient (Wildman–Crippen LogP) is 4.51. The molecule has 0 aliphatic rings. The summed E-state index contributed by atoms with van der Waals surface area (Å²) in [7, 11) is 0. The largest absolute Gasteiger partial charge is 0.416 e. The lowest BCUT2D eigenvalue weighted by Crippen LogP contribution is -2.04. The lowest BCUT2D eigenvalue weighted by molar-refractivity contribution is -0.137. The van der Waals surface area contributed by atoms with Gasteiger partial charge in [-0.2, -0.15) is 18.3 Å². The first-order chi connectivity index (χ1) is 7.89. The maximum absolute atomic E-state index is 12.4. The minimum Gasteiger partial charge on any atom is -0.277 e. The molecule has 0 unspecified atom stereocenters. The van der Waals surface area contributed by atoms with Crippen molar-refractivity contribution in [2.24, 2.45) is 0 Å². The van der Waals surface area contributed by atoms with Crippen molar-refractivity contribution in [3.63, 3.8) is 0 Å². The Labute approximate surface area is 108 Å². The first kappa shape index (κ1) is 12.4. The minimum absolute atomic E-state index is 0.0183. The smallest absolute Gasteiger partial charge is 0.277 e. The summed E-state index contributed by atoms with van der Waals surface area (Å²) in [6, 6.07) is 3.18. The fraction of sp³-hybridized carbons (Fsp3) is 0.100. The summed E-state index contributed by atoms with van der Waals surface area (Å²) < 4.78 is 37.9. The number of rotatable bonds is 1. The molecule has 0 spiro atoms. The molecule has 0 saturated carbocycles. The molecule has 1 aromatic carbocycles. The van der Waals surface area contributed by atoms with Crippen molar-refractivity contribution in [1.29, 1.82) is 0 Å². The van der Waals surface area contributed by atoms with Crippen molar-refractivity contribution in [2.75, 3.05) is 0 Å². The Hall–Kier alpha value is -1.01. The summed E-state index contributed by atoms with van der Waals surface area (Å²) in [5.41, 5.74) is 0.231. The van der Waals surface area contributed by atoms with E-state index in [1.165, 1.54) is 12.3 Å². The summed E-state index contributed by atoms with van der Waals surface area (Å²) in [5, 5.41) is 6.43. The number of halogens is 5. The zero-order valence-electron chi connectivity index (χ0n) is 8.15. The van der Waals surface area contributed by atoms with Crippen LogP contribution >= 0.6 is 27.5 Å². The molecule has 1 heterocycles. The highest BCUT2D eigenvalue weighted by Crippen LogP contribution is 2.36.